The van der Waals surface area contributed by atoms with Gasteiger partial charge in [-0.3, -0.25) is 0 Å². The second-order valence-electron chi connectivity index (χ2n) is 13.7. The molecule has 0 saturated carbocycles. The molecular formula is C36H43NO9Si. The number of rotatable bonds is 13. The van der Waals surface area contributed by atoms with Crippen molar-refractivity contribution in [3.63, 3.8) is 0 Å². The Balaban J connectivity index is 1.45. The lowest BCUT2D eigenvalue weighted by atomic mass is 9.98. The molecule has 11 heteroatoms. The molecule has 1 aliphatic carbocycles. The molecule has 0 unspecified atom stereocenters. The predicted molar refractivity (Wildman–Crippen MR) is 180 cm³/mol. The zero-order chi connectivity index (χ0) is 34.4. The summed E-state index contributed by atoms with van der Waals surface area (Å²) in [5.41, 5.74) is 3.98. The molecule has 0 heterocycles. The van der Waals surface area contributed by atoms with Gasteiger partial charge in [0, 0.05) is 20.4 Å². The van der Waals surface area contributed by atoms with Crippen LogP contribution in [-0.4, -0.2) is 68.6 Å². The summed E-state index contributed by atoms with van der Waals surface area (Å²) in [6.45, 7) is 11.5. The van der Waals surface area contributed by atoms with Gasteiger partial charge in [0.25, 0.3) is 0 Å². The van der Waals surface area contributed by atoms with Crippen molar-refractivity contribution in [2.45, 2.75) is 70.4 Å². The Kier molecular flexibility index (Phi) is 11.1. The number of benzene rings is 3. The number of hydrogen-bond donors (Lipinski definition) is 2. The fourth-order valence-electron chi connectivity index (χ4n) is 5.24. The summed E-state index contributed by atoms with van der Waals surface area (Å²) in [6, 6.07) is 19.7. The lowest BCUT2D eigenvalue weighted by Gasteiger charge is -2.20. The summed E-state index contributed by atoms with van der Waals surface area (Å²) in [5.74, 6) is -2.64. The van der Waals surface area contributed by atoms with Crippen molar-refractivity contribution >= 4 is 32.1 Å². The number of ether oxygens (including phenoxy) is 4. The summed E-state index contributed by atoms with van der Waals surface area (Å²) >= 11 is 0. The normalized spacial score (nSPS) is 13.1. The van der Waals surface area contributed by atoms with Gasteiger partial charge in [0.1, 0.15) is 29.6 Å². The SMILES string of the molecule is CC(C)(C)OC(=O)COc1ccc(C[C@H](NC(=O)OCC2c3ccccc3-c3ccccc32)C(=O)O)cc1C(=O)OCC[Si](C)(C)C. The lowest BCUT2D eigenvalue weighted by molar-refractivity contribution is -0.157. The number of amides is 1. The fraction of sp³-hybridized carbons (Fsp3) is 0.389. The minimum atomic E-state index is -1.49. The molecule has 2 N–H and O–H groups in total. The number of aliphatic carboxylic acids is 1. The van der Waals surface area contributed by atoms with E-state index in [1.807, 2.05) is 48.5 Å². The third-order valence-electron chi connectivity index (χ3n) is 7.49. The Bertz CT molecular complexity index is 1580. The molecule has 1 amide bonds. The molecule has 3 aromatic carbocycles. The third kappa shape index (κ3) is 9.92. The standard InChI is InChI=1S/C36H43NO9Si/c1-36(2,3)46-32(38)22-44-31-16-15-23(19-28(31)34(41)43-17-18-47(4,5)6)20-30(33(39)40)37-35(42)45-21-29-26-13-9-7-11-24(26)25-12-8-10-14-27(25)29/h7-16,19,29-30H,17-18,20-22H2,1-6H3,(H,37,42)(H,39,40)/t30-/m0/s1. The van der Waals surface area contributed by atoms with Crippen molar-refractivity contribution in [1.82, 2.24) is 5.32 Å². The van der Waals surface area contributed by atoms with Gasteiger partial charge in [-0.1, -0.05) is 74.2 Å². The number of carboxylic acid groups (broad SMARTS) is 1. The maximum atomic E-state index is 13.2. The molecule has 10 nitrogen and oxygen atoms in total. The number of nitrogens with one attached hydrogen (secondary N) is 1. The monoisotopic (exact) mass is 661 g/mol. The first-order valence-electron chi connectivity index (χ1n) is 15.6. The zero-order valence-corrected chi connectivity index (χ0v) is 28.8. The molecule has 0 fully saturated rings. The highest BCUT2D eigenvalue weighted by molar-refractivity contribution is 6.76. The molecule has 1 atom stereocenters. The number of fused-ring (bicyclic) bond motifs is 3. The summed E-state index contributed by atoms with van der Waals surface area (Å²) in [5, 5.41) is 12.4. The predicted octanol–water partition coefficient (Wildman–Crippen LogP) is 6.44. The number of carbonyl (C=O) groups excluding carboxylic acids is 3. The van der Waals surface area contributed by atoms with E-state index < -0.39 is 50.3 Å². The first-order chi connectivity index (χ1) is 22.1. The van der Waals surface area contributed by atoms with Crippen LogP contribution in [0.2, 0.25) is 25.7 Å². The van der Waals surface area contributed by atoms with Gasteiger partial charge in [0.15, 0.2) is 6.61 Å². The van der Waals surface area contributed by atoms with Crippen molar-refractivity contribution in [3.05, 3.63) is 89.0 Å². The summed E-state index contributed by atoms with van der Waals surface area (Å²) in [6.07, 6.45) is -1.02. The van der Waals surface area contributed by atoms with Crippen molar-refractivity contribution < 1.29 is 43.2 Å². The quantitative estimate of drug-likeness (QED) is 0.120. The fourth-order valence-corrected chi connectivity index (χ4v) is 5.96. The zero-order valence-electron chi connectivity index (χ0n) is 27.8. The molecule has 47 heavy (non-hydrogen) atoms. The number of carbonyl (C=O) groups is 4. The summed E-state index contributed by atoms with van der Waals surface area (Å²) in [4.78, 5) is 50.5. The van der Waals surface area contributed by atoms with Crippen LogP contribution in [0.25, 0.3) is 11.1 Å². The highest BCUT2D eigenvalue weighted by Crippen LogP contribution is 2.44. The first kappa shape index (κ1) is 35.2. The third-order valence-corrected chi connectivity index (χ3v) is 9.19. The molecule has 0 saturated heterocycles. The number of alkyl carbamates (subject to hydrolysis) is 1. The molecule has 0 spiro atoms. The highest BCUT2D eigenvalue weighted by Gasteiger charge is 2.30. The van der Waals surface area contributed by atoms with E-state index in [1.54, 1.807) is 26.8 Å². The van der Waals surface area contributed by atoms with Crippen molar-refractivity contribution in [1.29, 1.82) is 0 Å². The average molecular weight is 662 g/mol. The van der Waals surface area contributed by atoms with E-state index in [2.05, 4.69) is 25.0 Å². The van der Waals surface area contributed by atoms with Crippen molar-refractivity contribution in [3.8, 4) is 16.9 Å². The van der Waals surface area contributed by atoms with Gasteiger partial charge in [-0.15, -0.1) is 0 Å². The van der Waals surface area contributed by atoms with Crippen LogP contribution in [0.15, 0.2) is 66.7 Å². The molecule has 0 bridgehead atoms. The lowest BCUT2D eigenvalue weighted by Crippen LogP contribution is -2.43. The second kappa shape index (κ2) is 14.8. The minimum Gasteiger partial charge on any atom is -0.481 e. The maximum Gasteiger partial charge on any atom is 0.407 e. The van der Waals surface area contributed by atoms with E-state index >= 15 is 0 Å². The molecule has 3 aromatic rings. The van der Waals surface area contributed by atoms with E-state index in [-0.39, 0.29) is 36.9 Å². The summed E-state index contributed by atoms with van der Waals surface area (Å²) in [7, 11) is -1.49. The van der Waals surface area contributed by atoms with E-state index in [4.69, 9.17) is 18.9 Å². The Morgan fingerprint density at radius 1 is 0.894 bits per heavy atom. The Morgan fingerprint density at radius 3 is 2.09 bits per heavy atom. The number of carboxylic acids is 1. The van der Waals surface area contributed by atoms with Crippen LogP contribution < -0.4 is 10.1 Å². The van der Waals surface area contributed by atoms with Gasteiger partial charge in [0.05, 0.1) is 6.61 Å². The molecule has 250 valence electrons. The van der Waals surface area contributed by atoms with Gasteiger partial charge in [-0.05, 0) is 66.8 Å². The van der Waals surface area contributed by atoms with Crippen LogP contribution in [0.4, 0.5) is 4.79 Å². The second-order valence-corrected chi connectivity index (χ2v) is 19.3. The Morgan fingerprint density at radius 2 is 1.51 bits per heavy atom. The van der Waals surface area contributed by atoms with Gasteiger partial charge >= 0.3 is 24.0 Å². The topological polar surface area (TPSA) is 137 Å². The molecular weight excluding hydrogens is 618 g/mol. The average Bonchev–Trinajstić information content (AvgIpc) is 3.31. The molecule has 1 aliphatic rings. The van der Waals surface area contributed by atoms with Crippen LogP contribution in [0.5, 0.6) is 5.75 Å². The van der Waals surface area contributed by atoms with Crippen LogP contribution >= 0.6 is 0 Å². The van der Waals surface area contributed by atoms with Crippen LogP contribution in [0.1, 0.15) is 53.7 Å². The first-order valence-corrected chi connectivity index (χ1v) is 19.3. The van der Waals surface area contributed by atoms with Gasteiger partial charge < -0.3 is 29.4 Å². The van der Waals surface area contributed by atoms with Gasteiger partial charge in [0.2, 0.25) is 0 Å². The van der Waals surface area contributed by atoms with Crippen LogP contribution in [0.3, 0.4) is 0 Å². The van der Waals surface area contributed by atoms with E-state index in [9.17, 15) is 24.3 Å². The van der Waals surface area contributed by atoms with E-state index in [1.165, 1.54) is 12.1 Å². The molecule has 0 aliphatic heterocycles. The van der Waals surface area contributed by atoms with E-state index in [0.717, 1.165) is 28.3 Å². The number of hydrogen-bond acceptors (Lipinski definition) is 8. The van der Waals surface area contributed by atoms with Crippen LogP contribution in [-0.2, 0) is 30.2 Å². The molecule has 0 radical (unpaired) electrons. The smallest absolute Gasteiger partial charge is 0.407 e. The Hall–Kier alpha value is -4.64. The van der Waals surface area contributed by atoms with Crippen molar-refractivity contribution in [2.24, 2.45) is 0 Å². The largest absolute Gasteiger partial charge is 0.481 e. The number of esters is 2. The Labute approximate surface area is 276 Å². The maximum absolute atomic E-state index is 13.2. The minimum absolute atomic E-state index is 0.0310. The summed E-state index contributed by atoms with van der Waals surface area (Å²) < 4.78 is 22.0. The van der Waals surface area contributed by atoms with Gasteiger partial charge in [-0.2, -0.15) is 0 Å². The van der Waals surface area contributed by atoms with E-state index in [0.29, 0.717) is 5.56 Å². The molecule has 0 aromatic heterocycles. The van der Waals surface area contributed by atoms with Gasteiger partial charge in [-0.25, -0.2) is 19.2 Å². The molecule has 4 rings (SSSR count). The highest BCUT2D eigenvalue weighted by atomic mass is 28.3. The van der Waals surface area contributed by atoms with Crippen molar-refractivity contribution in [2.75, 3.05) is 19.8 Å². The van der Waals surface area contributed by atoms with Crippen LogP contribution in [0, 0.1) is 0 Å².